The Morgan fingerprint density at radius 3 is 2.33 bits per heavy atom. The molecule has 2 saturated heterocycles. The van der Waals surface area contributed by atoms with E-state index in [0.717, 1.165) is 32.1 Å². The Kier molecular flexibility index (Phi) is 3.66. The van der Waals surface area contributed by atoms with Crippen LogP contribution in [-0.2, 0) is 4.79 Å². The lowest BCUT2D eigenvalue weighted by Crippen LogP contribution is -2.60. The number of carbonyl (C=O) groups excluding carboxylic acids is 1. The molecule has 4 saturated carbocycles. The molecule has 0 radical (unpaired) electrons. The number of amides is 1. The maximum Gasteiger partial charge on any atom is 0.228 e. The minimum absolute atomic E-state index is 0. The van der Waals surface area contributed by atoms with Crippen molar-refractivity contribution in [3.8, 4) is 0 Å². The second kappa shape index (κ2) is 5.13. The Morgan fingerprint density at radius 2 is 1.75 bits per heavy atom. The fraction of sp³-hybridized carbons (Fsp3) is 0.950. The first-order valence-electron chi connectivity index (χ1n) is 9.84. The van der Waals surface area contributed by atoms with Gasteiger partial charge in [0, 0.05) is 25.0 Å². The van der Waals surface area contributed by atoms with Crippen molar-refractivity contribution < 1.29 is 4.79 Å². The fourth-order valence-corrected chi connectivity index (χ4v) is 8.27. The van der Waals surface area contributed by atoms with Crippen LogP contribution in [0.4, 0.5) is 0 Å². The molecule has 136 valence electrons. The molecule has 6 fully saturated rings. The van der Waals surface area contributed by atoms with Crippen LogP contribution in [0.1, 0.15) is 65.2 Å². The Hall–Kier alpha value is -0.280. The van der Waals surface area contributed by atoms with E-state index in [1.54, 1.807) is 0 Å². The quantitative estimate of drug-likeness (QED) is 0.781. The molecule has 4 heteroatoms. The zero-order valence-corrected chi connectivity index (χ0v) is 16.1. The van der Waals surface area contributed by atoms with Gasteiger partial charge < -0.3 is 10.2 Å². The van der Waals surface area contributed by atoms with E-state index in [1.165, 1.54) is 51.4 Å². The maximum absolute atomic E-state index is 13.6. The molecule has 2 aliphatic heterocycles. The molecular formula is C20H33ClN2O. The molecule has 2 heterocycles. The van der Waals surface area contributed by atoms with E-state index in [9.17, 15) is 4.79 Å². The van der Waals surface area contributed by atoms with E-state index >= 15 is 0 Å². The summed E-state index contributed by atoms with van der Waals surface area (Å²) in [7, 11) is 0. The van der Waals surface area contributed by atoms with Gasteiger partial charge in [-0.3, -0.25) is 4.79 Å². The van der Waals surface area contributed by atoms with Gasteiger partial charge in [-0.05, 0) is 74.7 Å². The van der Waals surface area contributed by atoms with E-state index in [0.29, 0.717) is 22.2 Å². The number of hydrogen-bond donors (Lipinski definition) is 1. The van der Waals surface area contributed by atoms with Crippen LogP contribution in [0, 0.1) is 27.6 Å². The van der Waals surface area contributed by atoms with Crippen molar-refractivity contribution in [3.63, 3.8) is 0 Å². The van der Waals surface area contributed by atoms with E-state index in [4.69, 9.17) is 0 Å². The number of nitrogens with one attached hydrogen (secondary N) is 1. The van der Waals surface area contributed by atoms with Crippen LogP contribution in [-0.4, -0.2) is 37.0 Å². The Balaban J connectivity index is 0.00000146. The van der Waals surface area contributed by atoms with Gasteiger partial charge in [0.15, 0.2) is 0 Å². The molecule has 24 heavy (non-hydrogen) atoms. The lowest BCUT2D eigenvalue weighted by atomic mass is 9.40. The third-order valence-electron chi connectivity index (χ3n) is 8.14. The van der Waals surface area contributed by atoms with E-state index < -0.39 is 0 Å². The van der Waals surface area contributed by atoms with Gasteiger partial charge in [0.1, 0.15) is 0 Å². The van der Waals surface area contributed by atoms with Crippen LogP contribution < -0.4 is 5.32 Å². The predicted octanol–water partition coefficient (Wildman–Crippen LogP) is 3.62. The highest BCUT2D eigenvalue weighted by atomic mass is 35.5. The average Bonchev–Trinajstić information content (AvgIpc) is 3.05. The number of rotatable bonds is 1. The molecular weight excluding hydrogens is 320 g/mol. The molecule has 4 bridgehead atoms. The van der Waals surface area contributed by atoms with Crippen molar-refractivity contribution in [3.05, 3.63) is 0 Å². The van der Waals surface area contributed by atoms with E-state index in [-0.39, 0.29) is 17.8 Å². The summed E-state index contributed by atoms with van der Waals surface area (Å²) in [4.78, 5) is 15.9. The number of halogens is 1. The summed E-state index contributed by atoms with van der Waals surface area (Å²) in [6.45, 7) is 9.26. The highest BCUT2D eigenvalue weighted by Gasteiger charge is 2.63. The van der Waals surface area contributed by atoms with Gasteiger partial charge >= 0.3 is 0 Å². The summed E-state index contributed by atoms with van der Waals surface area (Å²) in [5, 5.41) is 3.52. The molecule has 1 amide bonds. The van der Waals surface area contributed by atoms with Crippen molar-refractivity contribution >= 4 is 18.3 Å². The smallest absolute Gasteiger partial charge is 0.228 e. The normalized spacial score (nSPS) is 52.1. The average molecular weight is 353 g/mol. The molecule has 3 atom stereocenters. The minimum atomic E-state index is 0. The van der Waals surface area contributed by atoms with Crippen LogP contribution in [0.15, 0.2) is 0 Å². The highest BCUT2D eigenvalue weighted by Crippen LogP contribution is 2.70. The van der Waals surface area contributed by atoms with Gasteiger partial charge in [-0.25, -0.2) is 0 Å². The topological polar surface area (TPSA) is 32.3 Å². The summed E-state index contributed by atoms with van der Waals surface area (Å²) in [5.41, 5.74) is 1.29. The fourth-order valence-electron chi connectivity index (χ4n) is 8.27. The number of hydrogen-bond acceptors (Lipinski definition) is 2. The zero-order valence-electron chi connectivity index (χ0n) is 15.3. The third-order valence-corrected chi connectivity index (χ3v) is 8.14. The molecule has 0 aromatic heterocycles. The van der Waals surface area contributed by atoms with Gasteiger partial charge in [0.05, 0.1) is 5.41 Å². The van der Waals surface area contributed by atoms with Crippen LogP contribution in [0.3, 0.4) is 0 Å². The summed E-state index contributed by atoms with van der Waals surface area (Å²) in [6.07, 6.45) is 10.1. The van der Waals surface area contributed by atoms with Crippen molar-refractivity contribution in [2.45, 2.75) is 65.2 Å². The Bertz CT molecular complexity index is 538. The standard InChI is InChI=1S/C20H32N2O.ClH/c1-17-7-15-8-18(2,10-17)12-20(9-15,11-17)16(23)22-6-4-19(14-22)3-5-21-13-19;/h15,21H,3-14H2,1-2H3;1H. The third kappa shape index (κ3) is 2.37. The lowest BCUT2D eigenvalue weighted by molar-refractivity contribution is -0.178. The summed E-state index contributed by atoms with van der Waals surface area (Å²) in [6, 6.07) is 0. The lowest BCUT2D eigenvalue weighted by Gasteiger charge is -2.65. The first-order chi connectivity index (χ1) is 10.8. The second-order valence-corrected chi connectivity index (χ2v) is 10.8. The summed E-state index contributed by atoms with van der Waals surface area (Å²) in [5.74, 6) is 1.36. The monoisotopic (exact) mass is 352 g/mol. The van der Waals surface area contributed by atoms with Crippen LogP contribution >= 0.6 is 12.4 Å². The SMILES string of the molecule is CC12CC3CC(C)(C1)CC(C(=O)N1CCC4(CCNC4)C1)(C3)C2.Cl. The Morgan fingerprint density at radius 1 is 1.04 bits per heavy atom. The number of carbonyl (C=O) groups is 1. The summed E-state index contributed by atoms with van der Waals surface area (Å²) < 4.78 is 0. The van der Waals surface area contributed by atoms with Crippen molar-refractivity contribution in [2.75, 3.05) is 26.2 Å². The Labute approximate surface area is 152 Å². The molecule has 6 aliphatic rings. The first kappa shape index (κ1) is 17.1. The van der Waals surface area contributed by atoms with Gasteiger partial charge in [-0.1, -0.05) is 13.8 Å². The second-order valence-electron chi connectivity index (χ2n) is 10.8. The predicted molar refractivity (Wildman–Crippen MR) is 98.2 cm³/mol. The molecule has 4 aliphatic carbocycles. The highest BCUT2D eigenvalue weighted by molar-refractivity contribution is 5.85. The van der Waals surface area contributed by atoms with Crippen molar-refractivity contribution in [1.29, 1.82) is 0 Å². The molecule has 0 aromatic carbocycles. The molecule has 1 spiro atoms. The van der Waals surface area contributed by atoms with Gasteiger partial charge in [0.25, 0.3) is 0 Å². The van der Waals surface area contributed by atoms with Crippen molar-refractivity contribution in [2.24, 2.45) is 27.6 Å². The zero-order chi connectivity index (χ0) is 15.9. The van der Waals surface area contributed by atoms with Gasteiger partial charge in [-0.15, -0.1) is 12.4 Å². The van der Waals surface area contributed by atoms with E-state index in [1.807, 2.05) is 0 Å². The van der Waals surface area contributed by atoms with E-state index in [2.05, 4.69) is 24.1 Å². The molecule has 0 aromatic rings. The number of nitrogens with zero attached hydrogens (tertiary/aromatic N) is 1. The maximum atomic E-state index is 13.6. The minimum Gasteiger partial charge on any atom is -0.342 e. The molecule has 6 rings (SSSR count). The molecule has 3 nitrogen and oxygen atoms in total. The molecule has 1 N–H and O–H groups in total. The van der Waals surface area contributed by atoms with Crippen LogP contribution in [0.5, 0.6) is 0 Å². The van der Waals surface area contributed by atoms with Crippen LogP contribution in [0.25, 0.3) is 0 Å². The van der Waals surface area contributed by atoms with Crippen molar-refractivity contribution in [1.82, 2.24) is 10.2 Å². The largest absolute Gasteiger partial charge is 0.342 e. The van der Waals surface area contributed by atoms with Gasteiger partial charge in [-0.2, -0.15) is 0 Å². The molecule has 3 unspecified atom stereocenters. The number of likely N-dealkylation sites (tertiary alicyclic amines) is 1. The summed E-state index contributed by atoms with van der Waals surface area (Å²) >= 11 is 0. The van der Waals surface area contributed by atoms with Crippen LogP contribution in [0.2, 0.25) is 0 Å². The first-order valence-corrected chi connectivity index (χ1v) is 9.84. The van der Waals surface area contributed by atoms with Gasteiger partial charge in [0.2, 0.25) is 5.91 Å².